The molecule has 0 heterocycles. The van der Waals surface area contributed by atoms with E-state index in [4.69, 9.17) is 4.74 Å². The minimum atomic E-state index is -0.555. The molecule has 38 heavy (non-hydrogen) atoms. The number of esters is 1. The lowest BCUT2D eigenvalue weighted by Gasteiger charge is -2.34. The van der Waals surface area contributed by atoms with Crippen molar-refractivity contribution in [2.24, 2.45) is 17.3 Å². The minimum Gasteiger partial charge on any atom is -0.457 e. The first-order valence-corrected chi connectivity index (χ1v) is 14.0. The van der Waals surface area contributed by atoms with Gasteiger partial charge in [0.2, 0.25) is 0 Å². The van der Waals surface area contributed by atoms with Gasteiger partial charge in [0.05, 0.1) is 0 Å². The number of rotatable bonds is 13. The Morgan fingerprint density at radius 3 is 2.34 bits per heavy atom. The predicted molar refractivity (Wildman–Crippen MR) is 152 cm³/mol. The molecule has 1 fully saturated rings. The standard InChI is InChI=1S/C33H45F2NO2/c1-22(2)14-18-36-30(33(16-17-33)15-13-23(3)31(37)38-32(5,6)7)24(4)19-26-20-27(34)21-28(29(26)35)25-11-9-8-10-12-25/h8-12,20-22,24,30,36H,3,13-19H2,1-2,4-7H3/t24-,30+/m0/s1. The van der Waals surface area contributed by atoms with Gasteiger partial charge in [-0.3, -0.25) is 0 Å². The Hall–Kier alpha value is -2.53. The van der Waals surface area contributed by atoms with Crippen LogP contribution < -0.4 is 5.32 Å². The van der Waals surface area contributed by atoms with Crippen molar-refractivity contribution in [3.8, 4) is 11.1 Å². The van der Waals surface area contributed by atoms with Crippen LogP contribution in [0.3, 0.4) is 0 Å². The lowest BCUT2D eigenvalue weighted by Crippen LogP contribution is -2.44. The first-order valence-electron chi connectivity index (χ1n) is 14.0. The van der Waals surface area contributed by atoms with E-state index in [1.54, 1.807) is 12.1 Å². The predicted octanol–water partition coefficient (Wildman–Crippen LogP) is 8.27. The van der Waals surface area contributed by atoms with E-state index in [1.165, 1.54) is 12.1 Å². The Morgan fingerprint density at radius 1 is 1.11 bits per heavy atom. The summed E-state index contributed by atoms with van der Waals surface area (Å²) in [4.78, 5) is 12.5. The third-order valence-electron chi connectivity index (χ3n) is 7.56. The molecule has 3 rings (SSSR count). The van der Waals surface area contributed by atoms with Gasteiger partial charge in [0.15, 0.2) is 0 Å². The molecule has 5 heteroatoms. The lowest BCUT2D eigenvalue weighted by molar-refractivity contribution is -0.150. The normalized spacial score (nSPS) is 16.2. The van der Waals surface area contributed by atoms with E-state index >= 15 is 4.39 Å². The van der Waals surface area contributed by atoms with Crippen molar-refractivity contribution in [2.45, 2.75) is 91.7 Å². The van der Waals surface area contributed by atoms with Gasteiger partial charge in [0.25, 0.3) is 0 Å². The molecule has 1 N–H and O–H groups in total. The number of carbonyl (C=O) groups is 1. The lowest BCUT2D eigenvalue weighted by atomic mass is 9.79. The molecule has 0 amide bonds. The molecule has 2 atom stereocenters. The Bertz CT molecular complexity index is 1100. The second-order valence-electron chi connectivity index (χ2n) is 12.6. The van der Waals surface area contributed by atoms with Crippen molar-refractivity contribution >= 4 is 5.97 Å². The van der Waals surface area contributed by atoms with E-state index in [2.05, 4.69) is 32.7 Å². The van der Waals surface area contributed by atoms with Crippen LogP contribution in [-0.4, -0.2) is 24.2 Å². The first kappa shape index (κ1) is 30.0. The van der Waals surface area contributed by atoms with Crippen LogP contribution in [-0.2, 0) is 16.0 Å². The highest BCUT2D eigenvalue weighted by atomic mass is 19.1. The van der Waals surface area contributed by atoms with Gasteiger partial charge >= 0.3 is 5.97 Å². The van der Waals surface area contributed by atoms with Crippen LogP contribution in [0.4, 0.5) is 8.78 Å². The monoisotopic (exact) mass is 525 g/mol. The van der Waals surface area contributed by atoms with Crippen molar-refractivity contribution in [1.82, 2.24) is 5.32 Å². The number of halogens is 2. The molecule has 0 saturated heterocycles. The molecule has 0 spiro atoms. The van der Waals surface area contributed by atoms with E-state index in [-0.39, 0.29) is 29.2 Å². The summed E-state index contributed by atoms with van der Waals surface area (Å²) in [7, 11) is 0. The second-order valence-corrected chi connectivity index (χ2v) is 12.6. The topological polar surface area (TPSA) is 38.3 Å². The van der Waals surface area contributed by atoms with E-state index in [1.807, 2.05) is 39.0 Å². The highest BCUT2D eigenvalue weighted by molar-refractivity contribution is 5.87. The van der Waals surface area contributed by atoms with E-state index in [9.17, 15) is 9.18 Å². The van der Waals surface area contributed by atoms with Crippen LogP contribution in [0.1, 0.15) is 79.2 Å². The summed E-state index contributed by atoms with van der Waals surface area (Å²) in [5.41, 5.74) is 1.31. The fraction of sp³-hybridized carbons (Fsp3) is 0.545. The number of hydrogen-bond acceptors (Lipinski definition) is 3. The van der Waals surface area contributed by atoms with Gasteiger partial charge in [-0.1, -0.05) is 57.7 Å². The molecule has 2 aromatic carbocycles. The largest absolute Gasteiger partial charge is 0.457 e. The fourth-order valence-corrected chi connectivity index (χ4v) is 5.36. The Kier molecular flexibility index (Phi) is 9.91. The summed E-state index contributed by atoms with van der Waals surface area (Å²) in [6.45, 7) is 16.9. The Morgan fingerprint density at radius 2 is 1.76 bits per heavy atom. The minimum absolute atomic E-state index is 0.00735. The van der Waals surface area contributed by atoms with Crippen molar-refractivity contribution in [3.63, 3.8) is 0 Å². The molecule has 0 radical (unpaired) electrons. The molecular formula is C33H45F2NO2. The fourth-order valence-electron chi connectivity index (χ4n) is 5.36. The van der Waals surface area contributed by atoms with Crippen LogP contribution in [0.5, 0.6) is 0 Å². The average molecular weight is 526 g/mol. The maximum absolute atomic E-state index is 15.7. The Balaban J connectivity index is 1.79. The molecule has 208 valence electrons. The van der Waals surface area contributed by atoms with Crippen LogP contribution in [0.25, 0.3) is 11.1 Å². The summed E-state index contributed by atoms with van der Waals surface area (Å²) in [5, 5.41) is 3.78. The summed E-state index contributed by atoms with van der Waals surface area (Å²) in [6, 6.07) is 11.9. The van der Waals surface area contributed by atoms with Gasteiger partial charge < -0.3 is 10.1 Å². The van der Waals surface area contributed by atoms with Crippen molar-refractivity contribution in [3.05, 3.63) is 71.8 Å². The molecule has 0 aliphatic heterocycles. The van der Waals surface area contributed by atoms with Gasteiger partial charge in [0, 0.05) is 17.2 Å². The quantitative estimate of drug-likeness (QED) is 0.211. The molecule has 2 aromatic rings. The second kappa shape index (κ2) is 12.5. The van der Waals surface area contributed by atoms with Crippen molar-refractivity contribution < 1.29 is 18.3 Å². The zero-order valence-electron chi connectivity index (χ0n) is 24.0. The number of nitrogens with one attached hydrogen (secondary N) is 1. The van der Waals surface area contributed by atoms with E-state index in [0.717, 1.165) is 32.2 Å². The van der Waals surface area contributed by atoms with Gasteiger partial charge in [0.1, 0.15) is 17.2 Å². The zero-order valence-corrected chi connectivity index (χ0v) is 24.0. The number of carbonyl (C=O) groups excluding carboxylic acids is 1. The van der Waals surface area contributed by atoms with Crippen LogP contribution in [0.2, 0.25) is 0 Å². The smallest absolute Gasteiger partial charge is 0.333 e. The van der Waals surface area contributed by atoms with Gasteiger partial charge in [-0.05, 0) is 106 Å². The molecule has 1 aliphatic carbocycles. The maximum atomic E-state index is 15.7. The number of ether oxygens (including phenoxy) is 1. The summed E-state index contributed by atoms with van der Waals surface area (Å²) >= 11 is 0. The third kappa shape index (κ3) is 8.23. The molecule has 1 aliphatic rings. The molecular weight excluding hydrogens is 480 g/mol. The third-order valence-corrected chi connectivity index (χ3v) is 7.56. The molecule has 0 aromatic heterocycles. The van der Waals surface area contributed by atoms with Gasteiger partial charge in [-0.25, -0.2) is 13.6 Å². The number of benzene rings is 2. The number of hydrogen-bond donors (Lipinski definition) is 1. The SMILES string of the molecule is C=C(CCC1([C@H](NCCC(C)C)[C@@H](C)Cc2cc(F)cc(-c3ccccc3)c2F)CC1)C(=O)OC(C)(C)C. The average Bonchev–Trinajstić information content (AvgIpc) is 3.62. The van der Waals surface area contributed by atoms with Crippen molar-refractivity contribution in [1.29, 1.82) is 0 Å². The van der Waals surface area contributed by atoms with Crippen molar-refractivity contribution in [2.75, 3.05) is 6.54 Å². The zero-order chi connectivity index (χ0) is 28.1. The van der Waals surface area contributed by atoms with Gasteiger partial charge in [-0.15, -0.1) is 0 Å². The molecule has 0 unspecified atom stereocenters. The summed E-state index contributed by atoms with van der Waals surface area (Å²) in [6.07, 6.45) is 4.93. The molecule has 0 bridgehead atoms. The van der Waals surface area contributed by atoms with E-state index < -0.39 is 11.4 Å². The highest BCUT2D eigenvalue weighted by Crippen LogP contribution is 2.55. The van der Waals surface area contributed by atoms with Crippen LogP contribution in [0, 0.1) is 28.9 Å². The van der Waals surface area contributed by atoms with Crippen LogP contribution in [0.15, 0.2) is 54.6 Å². The highest BCUT2D eigenvalue weighted by Gasteiger charge is 2.50. The van der Waals surface area contributed by atoms with Gasteiger partial charge in [-0.2, -0.15) is 0 Å². The maximum Gasteiger partial charge on any atom is 0.333 e. The first-order chi connectivity index (χ1) is 17.8. The Labute approximate surface area is 228 Å². The molecule has 3 nitrogen and oxygen atoms in total. The summed E-state index contributed by atoms with van der Waals surface area (Å²) in [5.74, 6) is -0.491. The van der Waals surface area contributed by atoms with Crippen LogP contribution >= 0.6 is 0 Å². The molecule has 1 saturated carbocycles. The van der Waals surface area contributed by atoms with E-state index in [0.29, 0.717) is 41.0 Å². The summed E-state index contributed by atoms with van der Waals surface area (Å²) < 4.78 is 35.8.